The first kappa shape index (κ1) is 25.8. The van der Waals surface area contributed by atoms with Crippen LogP contribution >= 0.6 is 23.7 Å². The lowest BCUT2D eigenvalue weighted by Gasteiger charge is -2.25. The molecule has 3 rings (SSSR count). The Morgan fingerprint density at radius 1 is 1.00 bits per heavy atom. The number of rotatable bonds is 9. The molecule has 0 atom stereocenters. The van der Waals surface area contributed by atoms with E-state index in [1.54, 1.807) is 18.2 Å². The van der Waals surface area contributed by atoms with E-state index >= 15 is 0 Å². The van der Waals surface area contributed by atoms with Gasteiger partial charge >= 0.3 is 0 Å². The number of anilines is 1. The number of likely N-dealkylation sites (N-methyl/N-ethyl adjacent to an activating group) is 1. The highest BCUT2D eigenvalue weighted by atomic mass is 35.5. The third kappa shape index (κ3) is 5.65. The van der Waals surface area contributed by atoms with Gasteiger partial charge in [-0.3, -0.25) is 9.69 Å². The van der Waals surface area contributed by atoms with E-state index in [-0.39, 0.29) is 23.8 Å². The Labute approximate surface area is 196 Å². The van der Waals surface area contributed by atoms with Crippen LogP contribution in [0.5, 0.6) is 11.5 Å². The van der Waals surface area contributed by atoms with Crippen molar-refractivity contribution >= 4 is 45.0 Å². The first-order chi connectivity index (χ1) is 14.9. The van der Waals surface area contributed by atoms with E-state index in [2.05, 4.69) is 9.88 Å². The van der Waals surface area contributed by atoms with Crippen LogP contribution in [0.2, 0.25) is 0 Å². The van der Waals surface area contributed by atoms with E-state index in [1.165, 1.54) is 25.2 Å². The number of benzene rings is 2. The molecule has 174 valence electrons. The maximum atomic E-state index is 14.2. The van der Waals surface area contributed by atoms with Gasteiger partial charge in [-0.15, -0.1) is 12.4 Å². The third-order valence-electron chi connectivity index (χ3n) is 5.01. The molecule has 0 aliphatic carbocycles. The first-order valence-electron chi connectivity index (χ1n) is 9.93. The van der Waals surface area contributed by atoms with Crippen LogP contribution in [0.3, 0.4) is 0 Å². The Kier molecular flexibility index (Phi) is 9.18. The molecule has 1 heterocycles. The lowest BCUT2D eigenvalue weighted by molar-refractivity contribution is 0.0983. The van der Waals surface area contributed by atoms with E-state index < -0.39 is 11.6 Å². The quantitative estimate of drug-likeness (QED) is 0.427. The summed E-state index contributed by atoms with van der Waals surface area (Å²) in [4.78, 5) is 21.5. The molecule has 0 fully saturated rings. The van der Waals surface area contributed by atoms with Gasteiger partial charge in [0.05, 0.1) is 18.9 Å². The van der Waals surface area contributed by atoms with Gasteiger partial charge in [0.25, 0.3) is 5.91 Å². The molecule has 0 N–H and O–H groups in total. The van der Waals surface area contributed by atoms with Gasteiger partial charge in [-0.25, -0.2) is 13.8 Å². The number of halogens is 3. The summed E-state index contributed by atoms with van der Waals surface area (Å²) in [6.45, 7) is 6.67. The molecule has 0 unspecified atom stereocenters. The molecule has 0 radical (unpaired) electrons. The van der Waals surface area contributed by atoms with Crippen LogP contribution in [0.1, 0.15) is 24.2 Å². The predicted molar refractivity (Wildman–Crippen MR) is 126 cm³/mol. The molecule has 10 heteroatoms. The standard InChI is InChI=1S/C22H25F2N3O3S.ClH/c1-5-26(6-2)7-8-27(21(28)14-9-16(29-3)13-17(10-14)30-4)22-25-20-18(24)11-15(23)12-19(20)31-22;/h9-13H,5-8H2,1-4H3;1H. The predicted octanol–water partition coefficient (Wildman–Crippen LogP) is 5.00. The van der Waals surface area contributed by atoms with Gasteiger partial charge in [-0.1, -0.05) is 25.2 Å². The smallest absolute Gasteiger partial charge is 0.260 e. The number of amides is 1. The van der Waals surface area contributed by atoms with Gasteiger partial charge in [0.1, 0.15) is 22.8 Å². The minimum absolute atomic E-state index is 0. The van der Waals surface area contributed by atoms with Gasteiger partial charge in [0.2, 0.25) is 0 Å². The number of hydrogen-bond donors (Lipinski definition) is 0. The van der Waals surface area contributed by atoms with Crippen molar-refractivity contribution in [2.45, 2.75) is 13.8 Å². The minimum atomic E-state index is -0.753. The molecular weight excluding hydrogens is 460 g/mol. The lowest BCUT2D eigenvalue weighted by Crippen LogP contribution is -2.38. The Bertz CT molecular complexity index is 1050. The molecule has 0 aliphatic rings. The molecule has 2 aromatic carbocycles. The Balaban J connectivity index is 0.00000363. The molecule has 0 saturated carbocycles. The molecule has 32 heavy (non-hydrogen) atoms. The average Bonchev–Trinajstić information content (AvgIpc) is 3.20. The van der Waals surface area contributed by atoms with Crippen molar-refractivity contribution < 1.29 is 23.0 Å². The van der Waals surface area contributed by atoms with Gasteiger partial charge in [0.15, 0.2) is 10.9 Å². The number of carbonyl (C=O) groups excluding carboxylic acids is 1. The van der Waals surface area contributed by atoms with Crippen molar-refractivity contribution in [1.29, 1.82) is 0 Å². The zero-order valence-electron chi connectivity index (χ0n) is 18.4. The normalized spacial score (nSPS) is 10.8. The SMILES string of the molecule is CCN(CC)CCN(C(=O)c1cc(OC)cc(OC)c1)c1nc2c(F)cc(F)cc2s1.Cl. The highest BCUT2D eigenvalue weighted by Crippen LogP contribution is 2.33. The summed E-state index contributed by atoms with van der Waals surface area (Å²) >= 11 is 1.08. The second kappa shape index (κ2) is 11.4. The van der Waals surface area contributed by atoms with Crippen molar-refractivity contribution in [3.63, 3.8) is 0 Å². The summed E-state index contributed by atoms with van der Waals surface area (Å²) in [5.41, 5.74) is 0.395. The van der Waals surface area contributed by atoms with E-state index in [1.807, 2.05) is 13.8 Å². The van der Waals surface area contributed by atoms with Crippen LogP contribution in [-0.2, 0) is 0 Å². The number of nitrogens with zero attached hydrogens (tertiary/aromatic N) is 3. The van der Waals surface area contributed by atoms with Crippen molar-refractivity contribution in [3.05, 3.63) is 47.5 Å². The number of carbonyl (C=O) groups is 1. The maximum Gasteiger partial charge on any atom is 0.260 e. The maximum absolute atomic E-state index is 14.2. The molecule has 6 nitrogen and oxygen atoms in total. The zero-order valence-corrected chi connectivity index (χ0v) is 20.0. The number of fused-ring (bicyclic) bond motifs is 1. The molecule has 1 amide bonds. The largest absolute Gasteiger partial charge is 0.497 e. The van der Waals surface area contributed by atoms with E-state index in [9.17, 15) is 13.6 Å². The van der Waals surface area contributed by atoms with Crippen molar-refractivity contribution in [3.8, 4) is 11.5 Å². The van der Waals surface area contributed by atoms with Crippen LogP contribution in [0.4, 0.5) is 13.9 Å². The highest BCUT2D eigenvalue weighted by Gasteiger charge is 2.24. The molecule has 3 aromatic rings. The molecule has 0 spiro atoms. The van der Waals surface area contributed by atoms with Gasteiger partial charge < -0.3 is 14.4 Å². The fraction of sp³-hybridized carbons (Fsp3) is 0.364. The molecular formula is C22H26ClF2N3O3S. The fourth-order valence-electron chi connectivity index (χ4n) is 3.21. The number of ether oxygens (including phenoxy) is 2. The molecule has 1 aromatic heterocycles. The van der Waals surface area contributed by atoms with Crippen LogP contribution in [0.15, 0.2) is 30.3 Å². The molecule has 0 bridgehead atoms. The monoisotopic (exact) mass is 485 g/mol. The second-order valence-corrected chi connectivity index (χ2v) is 7.82. The van der Waals surface area contributed by atoms with Crippen LogP contribution < -0.4 is 14.4 Å². The topological polar surface area (TPSA) is 54.9 Å². The van der Waals surface area contributed by atoms with E-state index in [0.29, 0.717) is 40.0 Å². The number of methoxy groups -OCH3 is 2. The van der Waals surface area contributed by atoms with Crippen LogP contribution in [0, 0.1) is 11.6 Å². The summed E-state index contributed by atoms with van der Waals surface area (Å²) in [7, 11) is 3.01. The third-order valence-corrected chi connectivity index (χ3v) is 6.04. The summed E-state index contributed by atoms with van der Waals surface area (Å²) in [6.07, 6.45) is 0. The van der Waals surface area contributed by atoms with Gasteiger partial charge in [-0.2, -0.15) is 0 Å². The fourth-order valence-corrected chi connectivity index (χ4v) is 4.24. The van der Waals surface area contributed by atoms with Gasteiger partial charge in [-0.05, 0) is 31.3 Å². The first-order valence-corrected chi connectivity index (χ1v) is 10.7. The van der Waals surface area contributed by atoms with Crippen LogP contribution in [0.25, 0.3) is 10.2 Å². The molecule has 0 aliphatic heterocycles. The van der Waals surface area contributed by atoms with E-state index in [4.69, 9.17) is 9.47 Å². The summed E-state index contributed by atoms with van der Waals surface area (Å²) in [5.74, 6) is -0.813. The van der Waals surface area contributed by atoms with Crippen molar-refractivity contribution in [2.24, 2.45) is 0 Å². The summed E-state index contributed by atoms with van der Waals surface area (Å²) in [6, 6.07) is 6.92. The number of hydrogen-bond acceptors (Lipinski definition) is 6. The Morgan fingerprint density at radius 2 is 1.62 bits per heavy atom. The Morgan fingerprint density at radius 3 is 2.19 bits per heavy atom. The summed E-state index contributed by atoms with van der Waals surface area (Å²) < 4.78 is 38.8. The number of thiazole rings is 1. The van der Waals surface area contributed by atoms with Crippen molar-refractivity contribution in [2.75, 3.05) is 45.3 Å². The Hall–Kier alpha value is -2.49. The summed E-state index contributed by atoms with van der Waals surface area (Å²) in [5, 5.41) is 0.304. The average molecular weight is 486 g/mol. The number of aromatic nitrogens is 1. The van der Waals surface area contributed by atoms with Crippen LogP contribution in [-0.4, -0.2) is 56.2 Å². The van der Waals surface area contributed by atoms with Gasteiger partial charge in [0, 0.05) is 30.8 Å². The van der Waals surface area contributed by atoms with Crippen molar-refractivity contribution in [1.82, 2.24) is 9.88 Å². The second-order valence-electron chi connectivity index (χ2n) is 6.82. The molecule has 0 saturated heterocycles. The van der Waals surface area contributed by atoms with E-state index in [0.717, 1.165) is 30.5 Å². The highest BCUT2D eigenvalue weighted by molar-refractivity contribution is 7.22. The zero-order chi connectivity index (χ0) is 22.5. The lowest BCUT2D eigenvalue weighted by atomic mass is 10.1. The minimum Gasteiger partial charge on any atom is -0.497 e.